The first-order valence-electron chi connectivity index (χ1n) is 12.5. The van der Waals surface area contributed by atoms with E-state index < -0.39 is 0 Å². The van der Waals surface area contributed by atoms with Crippen molar-refractivity contribution in [3.8, 4) is 11.3 Å². The molecule has 176 valence electrons. The highest BCUT2D eigenvalue weighted by Crippen LogP contribution is 2.37. The minimum Gasteiger partial charge on any atom is -0.381 e. The summed E-state index contributed by atoms with van der Waals surface area (Å²) in [5.41, 5.74) is 7.22. The second kappa shape index (κ2) is 9.34. The normalized spacial score (nSPS) is 17.0. The molecule has 1 aliphatic heterocycles. The van der Waals surface area contributed by atoms with Gasteiger partial charge in [-0.2, -0.15) is 5.10 Å². The van der Waals surface area contributed by atoms with Gasteiger partial charge in [-0.3, -0.25) is 0 Å². The average Bonchev–Trinajstić information content (AvgIpc) is 3.55. The summed E-state index contributed by atoms with van der Waals surface area (Å²) in [5, 5.41) is 5.16. The monoisotopic (exact) mass is 447 g/mol. The molecule has 0 unspecified atom stereocenters. The molecule has 1 saturated carbocycles. The number of pyridine rings is 2. The Morgan fingerprint density at radius 1 is 1.06 bits per heavy atom. The smallest absolute Gasteiger partial charge is 0.128 e. The number of nitrogens with zero attached hydrogens (tertiary/aromatic N) is 5. The first-order chi connectivity index (χ1) is 16.0. The lowest BCUT2D eigenvalue weighted by Crippen LogP contribution is -2.34. The Morgan fingerprint density at radius 3 is 2.42 bits per heavy atom. The highest BCUT2D eigenvalue weighted by Gasteiger charge is 2.30. The van der Waals surface area contributed by atoms with E-state index in [0.717, 1.165) is 68.6 Å². The van der Waals surface area contributed by atoms with Gasteiger partial charge in [0.15, 0.2) is 0 Å². The Hall–Kier alpha value is -2.60. The molecule has 1 saturated heterocycles. The van der Waals surface area contributed by atoms with Gasteiger partial charge in [0.25, 0.3) is 0 Å². The molecular formula is C27H37N5O. The van der Waals surface area contributed by atoms with E-state index in [1.54, 1.807) is 0 Å². The highest BCUT2D eigenvalue weighted by molar-refractivity contribution is 5.80. The Labute approximate surface area is 197 Å². The number of rotatable bonds is 8. The summed E-state index contributed by atoms with van der Waals surface area (Å²) in [5.74, 6) is 2.51. The van der Waals surface area contributed by atoms with Gasteiger partial charge in [-0.05, 0) is 74.6 Å². The summed E-state index contributed by atoms with van der Waals surface area (Å²) < 4.78 is 7.80. The third-order valence-electron chi connectivity index (χ3n) is 7.18. The Morgan fingerprint density at radius 2 is 1.79 bits per heavy atom. The first-order valence-corrected chi connectivity index (χ1v) is 12.5. The summed E-state index contributed by atoms with van der Waals surface area (Å²) in [6, 6.07) is 8.75. The lowest BCUT2D eigenvalue weighted by molar-refractivity contribution is 0.0682. The molecule has 0 bridgehead atoms. The predicted molar refractivity (Wildman–Crippen MR) is 135 cm³/mol. The molecule has 0 amide bonds. The fraction of sp³-hybridized carbons (Fsp3) is 0.556. The summed E-state index contributed by atoms with van der Waals surface area (Å²) in [4.78, 5) is 9.41. The van der Waals surface area contributed by atoms with Crippen LogP contribution in [0.2, 0.25) is 0 Å². The van der Waals surface area contributed by atoms with E-state index in [-0.39, 0.29) is 0 Å². The van der Waals surface area contributed by atoms with E-state index in [0.29, 0.717) is 5.92 Å². The van der Waals surface area contributed by atoms with Crippen molar-refractivity contribution in [2.24, 2.45) is 11.8 Å². The van der Waals surface area contributed by atoms with Gasteiger partial charge in [0.2, 0.25) is 0 Å². The van der Waals surface area contributed by atoms with Crippen LogP contribution in [0.4, 0.5) is 11.5 Å². The van der Waals surface area contributed by atoms with E-state index in [1.807, 2.05) is 25.2 Å². The molecule has 33 heavy (non-hydrogen) atoms. The molecule has 0 radical (unpaired) electrons. The van der Waals surface area contributed by atoms with Gasteiger partial charge in [-0.1, -0.05) is 13.0 Å². The first kappa shape index (κ1) is 22.2. The molecule has 6 heteroatoms. The predicted octanol–water partition coefficient (Wildman–Crippen LogP) is 4.98. The molecule has 0 atom stereocenters. The van der Waals surface area contributed by atoms with Crippen LogP contribution in [0.3, 0.4) is 0 Å². The van der Waals surface area contributed by atoms with Crippen molar-refractivity contribution in [1.82, 2.24) is 14.6 Å². The van der Waals surface area contributed by atoms with E-state index >= 15 is 0 Å². The molecule has 2 aliphatic rings. The Balaban J connectivity index is 1.57. The van der Waals surface area contributed by atoms with Crippen molar-refractivity contribution in [1.29, 1.82) is 0 Å². The molecule has 0 spiro atoms. The third kappa shape index (κ3) is 4.58. The fourth-order valence-corrected chi connectivity index (χ4v) is 5.05. The van der Waals surface area contributed by atoms with Gasteiger partial charge >= 0.3 is 0 Å². The zero-order valence-electron chi connectivity index (χ0n) is 20.5. The summed E-state index contributed by atoms with van der Waals surface area (Å²) in [6.45, 7) is 8.45. The van der Waals surface area contributed by atoms with Gasteiger partial charge < -0.3 is 14.5 Å². The molecule has 4 heterocycles. The van der Waals surface area contributed by atoms with Crippen LogP contribution in [0.25, 0.3) is 16.8 Å². The van der Waals surface area contributed by atoms with E-state index in [1.165, 1.54) is 35.3 Å². The zero-order valence-corrected chi connectivity index (χ0v) is 20.5. The van der Waals surface area contributed by atoms with Gasteiger partial charge in [-0.25, -0.2) is 9.50 Å². The van der Waals surface area contributed by atoms with Crippen LogP contribution in [0.5, 0.6) is 0 Å². The summed E-state index contributed by atoms with van der Waals surface area (Å²) in [6.07, 6.45) is 7.98. The topological polar surface area (TPSA) is 45.9 Å². The third-order valence-corrected chi connectivity index (χ3v) is 7.18. The van der Waals surface area contributed by atoms with Crippen LogP contribution in [-0.2, 0) is 11.2 Å². The summed E-state index contributed by atoms with van der Waals surface area (Å²) >= 11 is 0. The number of fused-ring (bicyclic) bond motifs is 1. The maximum Gasteiger partial charge on any atom is 0.128 e. The Kier molecular flexibility index (Phi) is 6.28. The lowest BCUT2D eigenvalue weighted by Gasteiger charge is -2.31. The van der Waals surface area contributed by atoms with Gasteiger partial charge in [0.05, 0.1) is 22.6 Å². The Bertz CT molecular complexity index is 1110. The fourth-order valence-electron chi connectivity index (χ4n) is 5.05. The van der Waals surface area contributed by atoms with Crippen molar-refractivity contribution >= 4 is 17.0 Å². The van der Waals surface area contributed by atoms with Crippen molar-refractivity contribution in [2.45, 2.75) is 46.0 Å². The number of aromatic nitrogens is 3. The second-order valence-electron chi connectivity index (χ2n) is 10.0. The standard InChI is InChI=1S/C27H37N5O/c1-5-23-27(31(17-20-9-10-20)18-21-11-13-33-14-12-21)25-8-6-7-24(32(25)29-23)22-16-28-26(30(3)4)15-19(22)2/h6-8,15-16,20-21H,5,9-14,17-18H2,1-4H3. The van der Waals surface area contributed by atoms with E-state index in [2.05, 4.69) is 47.5 Å². The minimum atomic E-state index is 0.699. The van der Waals surface area contributed by atoms with Crippen molar-refractivity contribution in [3.05, 3.63) is 41.7 Å². The largest absolute Gasteiger partial charge is 0.381 e. The zero-order chi connectivity index (χ0) is 22.9. The number of hydrogen-bond donors (Lipinski definition) is 0. The number of hydrogen-bond acceptors (Lipinski definition) is 5. The average molecular weight is 448 g/mol. The molecule has 6 nitrogen and oxygen atoms in total. The molecule has 0 aromatic carbocycles. The van der Waals surface area contributed by atoms with Gasteiger partial charge in [0, 0.05) is 52.2 Å². The molecule has 1 aliphatic carbocycles. The maximum atomic E-state index is 5.64. The van der Waals surface area contributed by atoms with E-state index in [9.17, 15) is 0 Å². The van der Waals surface area contributed by atoms with E-state index in [4.69, 9.17) is 14.8 Å². The summed E-state index contributed by atoms with van der Waals surface area (Å²) in [7, 11) is 4.06. The minimum absolute atomic E-state index is 0.699. The molecular weight excluding hydrogens is 410 g/mol. The molecule has 3 aromatic rings. The lowest BCUT2D eigenvalue weighted by atomic mass is 9.99. The van der Waals surface area contributed by atoms with Crippen molar-refractivity contribution in [2.75, 3.05) is 50.2 Å². The SMILES string of the molecule is CCc1nn2c(-c3cnc(N(C)C)cc3C)cccc2c1N(CC1CCOCC1)CC1CC1. The van der Waals surface area contributed by atoms with Crippen molar-refractivity contribution in [3.63, 3.8) is 0 Å². The van der Waals surface area contributed by atoms with Gasteiger partial charge in [-0.15, -0.1) is 0 Å². The molecule has 0 N–H and O–H groups in total. The van der Waals surface area contributed by atoms with Gasteiger partial charge in [0.1, 0.15) is 5.82 Å². The van der Waals surface area contributed by atoms with Crippen LogP contribution in [0.1, 0.15) is 43.9 Å². The van der Waals surface area contributed by atoms with Crippen LogP contribution in [-0.4, -0.2) is 55.0 Å². The molecule has 2 fully saturated rings. The molecule has 3 aromatic heterocycles. The number of aryl methyl sites for hydroxylation is 2. The quantitative estimate of drug-likeness (QED) is 0.488. The number of ether oxygens (including phenoxy) is 1. The van der Waals surface area contributed by atoms with Crippen LogP contribution in [0.15, 0.2) is 30.5 Å². The van der Waals surface area contributed by atoms with Crippen LogP contribution >= 0.6 is 0 Å². The number of anilines is 2. The second-order valence-corrected chi connectivity index (χ2v) is 10.0. The van der Waals surface area contributed by atoms with Crippen LogP contribution in [0, 0.1) is 18.8 Å². The van der Waals surface area contributed by atoms with Crippen molar-refractivity contribution < 1.29 is 4.74 Å². The molecule has 5 rings (SSSR count). The maximum absolute atomic E-state index is 5.64. The van der Waals surface area contributed by atoms with Crippen LogP contribution < -0.4 is 9.80 Å². The highest BCUT2D eigenvalue weighted by atomic mass is 16.5.